The number of carbonyl (C=O) groups excluding carboxylic acids is 2. The van der Waals surface area contributed by atoms with Gasteiger partial charge >= 0.3 is 12.1 Å². The van der Waals surface area contributed by atoms with E-state index in [2.05, 4.69) is 29.6 Å². The van der Waals surface area contributed by atoms with Gasteiger partial charge in [0.2, 0.25) is 5.91 Å². The first-order chi connectivity index (χ1) is 15.9. The maximum atomic E-state index is 12.6. The van der Waals surface area contributed by atoms with Crippen LogP contribution in [0.15, 0.2) is 48.5 Å². The standard InChI is InChI=1S/C25H28N2O6/c1-27(33-15-23(28)29)24(30)16-7-6-8-17(13-16)26-25(31)32-14-22-20-11-4-2-9-18(20)19-10-3-5-12-21(19)22/h2-5,9-12,16-17,22H,6-8,13-15H2,1H3,(H,26,31)(H,28,29). The number of ether oxygens (including phenoxy) is 1. The van der Waals surface area contributed by atoms with Gasteiger partial charge in [-0.05, 0) is 41.5 Å². The maximum absolute atomic E-state index is 12.6. The lowest BCUT2D eigenvalue weighted by molar-refractivity contribution is -0.190. The Morgan fingerprint density at radius 3 is 2.30 bits per heavy atom. The summed E-state index contributed by atoms with van der Waals surface area (Å²) in [4.78, 5) is 40.7. The van der Waals surface area contributed by atoms with Crippen molar-refractivity contribution in [3.8, 4) is 11.1 Å². The Kier molecular flexibility index (Phi) is 6.93. The van der Waals surface area contributed by atoms with E-state index in [9.17, 15) is 14.4 Å². The van der Waals surface area contributed by atoms with Crippen molar-refractivity contribution in [1.29, 1.82) is 0 Å². The van der Waals surface area contributed by atoms with E-state index in [1.807, 2.05) is 24.3 Å². The molecule has 2 aromatic carbocycles. The molecule has 2 atom stereocenters. The molecular formula is C25H28N2O6. The highest BCUT2D eigenvalue weighted by Crippen LogP contribution is 2.44. The van der Waals surface area contributed by atoms with E-state index in [1.54, 1.807) is 0 Å². The van der Waals surface area contributed by atoms with Crippen molar-refractivity contribution in [3.63, 3.8) is 0 Å². The monoisotopic (exact) mass is 452 g/mol. The second-order valence-corrected chi connectivity index (χ2v) is 8.53. The van der Waals surface area contributed by atoms with E-state index in [4.69, 9.17) is 14.7 Å². The Labute approximate surface area is 192 Å². The van der Waals surface area contributed by atoms with Crippen LogP contribution in [0, 0.1) is 5.92 Å². The lowest BCUT2D eigenvalue weighted by Crippen LogP contribution is -2.43. The van der Waals surface area contributed by atoms with Crippen molar-refractivity contribution in [2.75, 3.05) is 20.3 Å². The first kappa shape index (κ1) is 22.8. The zero-order chi connectivity index (χ0) is 23.4. The summed E-state index contributed by atoms with van der Waals surface area (Å²) in [7, 11) is 1.41. The van der Waals surface area contributed by atoms with Gasteiger partial charge in [-0.25, -0.2) is 14.7 Å². The molecule has 2 amide bonds. The smallest absolute Gasteiger partial charge is 0.407 e. The van der Waals surface area contributed by atoms with E-state index in [-0.39, 0.29) is 30.4 Å². The topological polar surface area (TPSA) is 105 Å². The minimum atomic E-state index is -1.15. The lowest BCUT2D eigenvalue weighted by atomic mass is 9.85. The third-order valence-electron chi connectivity index (χ3n) is 6.38. The lowest BCUT2D eigenvalue weighted by Gasteiger charge is -2.30. The van der Waals surface area contributed by atoms with E-state index >= 15 is 0 Å². The normalized spacial score (nSPS) is 19.3. The molecule has 2 N–H and O–H groups in total. The predicted octanol–water partition coefficient (Wildman–Crippen LogP) is 3.56. The molecule has 0 heterocycles. The number of hydroxylamine groups is 2. The van der Waals surface area contributed by atoms with E-state index in [0.29, 0.717) is 12.8 Å². The van der Waals surface area contributed by atoms with Gasteiger partial charge in [0.25, 0.3) is 0 Å². The van der Waals surface area contributed by atoms with Crippen molar-refractivity contribution >= 4 is 18.0 Å². The zero-order valence-electron chi connectivity index (χ0n) is 18.5. The molecule has 8 heteroatoms. The number of carboxylic acid groups (broad SMARTS) is 1. The molecule has 0 aromatic heterocycles. The Bertz CT molecular complexity index is 994. The highest BCUT2D eigenvalue weighted by atomic mass is 16.7. The van der Waals surface area contributed by atoms with Crippen LogP contribution in [0.5, 0.6) is 0 Å². The number of fused-ring (bicyclic) bond motifs is 3. The quantitative estimate of drug-likeness (QED) is 0.623. The Morgan fingerprint density at radius 1 is 1.03 bits per heavy atom. The number of nitrogens with zero attached hydrogens (tertiary/aromatic N) is 1. The number of benzene rings is 2. The van der Waals surface area contributed by atoms with Crippen LogP contribution >= 0.6 is 0 Å². The van der Waals surface area contributed by atoms with E-state index < -0.39 is 18.7 Å². The zero-order valence-corrected chi connectivity index (χ0v) is 18.5. The first-order valence-corrected chi connectivity index (χ1v) is 11.2. The van der Waals surface area contributed by atoms with Gasteiger partial charge in [0, 0.05) is 24.9 Å². The fourth-order valence-electron chi connectivity index (χ4n) is 4.82. The third-order valence-corrected chi connectivity index (χ3v) is 6.38. The second-order valence-electron chi connectivity index (χ2n) is 8.53. The Balaban J connectivity index is 1.31. The van der Waals surface area contributed by atoms with Gasteiger partial charge in [0.05, 0.1) is 0 Å². The largest absolute Gasteiger partial charge is 0.479 e. The van der Waals surface area contributed by atoms with Crippen LogP contribution in [0.2, 0.25) is 0 Å². The fourth-order valence-corrected chi connectivity index (χ4v) is 4.82. The van der Waals surface area contributed by atoms with Crippen molar-refractivity contribution in [2.24, 2.45) is 5.92 Å². The number of hydrogen-bond acceptors (Lipinski definition) is 5. The summed E-state index contributed by atoms with van der Waals surface area (Å²) in [5, 5.41) is 12.6. The van der Waals surface area contributed by atoms with Crippen LogP contribution in [0.1, 0.15) is 42.7 Å². The molecular weight excluding hydrogens is 424 g/mol. The Morgan fingerprint density at radius 2 is 1.67 bits per heavy atom. The average molecular weight is 453 g/mol. The fraction of sp³-hybridized carbons (Fsp3) is 0.400. The summed E-state index contributed by atoms with van der Waals surface area (Å²) in [5.41, 5.74) is 4.65. The van der Waals surface area contributed by atoms with Crippen molar-refractivity contribution in [3.05, 3.63) is 59.7 Å². The number of carbonyl (C=O) groups is 3. The molecule has 0 spiro atoms. The summed E-state index contributed by atoms with van der Waals surface area (Å²) in [6.45, 7) is -0.336. The molecule has 0 aliphatic heterocycles. The SMILES string of the molecule is CN(OCC(=O)O)C(=O)C1CCCC(NC(=O)OCC2c3ccccc3-c3ccccc32)C1. The first-order valence-electron chi connectivity index (χ1n) is 11.2. The number of alkyl carbamates (subject to hydrolysis) is 1. The van der Waals surface area contributed by atoms with Gasteiger partial charge in [-0.1, -0.05) is 55.0 Å². The molecule has 1 fully saturated rings. The molecule has 174 valence electrons. The number of hydrogen-bond donors (Lipinski definition) is 2. The van der Waals surface area contributed by atoms with Crippen LogP contribution in [-0.4, -0.2) is 54.4 Å². The highest BCUT2D eigenvalue weighted by molar-refractivity contribution is 5.79. The number of amides is 2. The van der Waals surface area contributed by atoms with E-state index in [1.165, 1.54) is 18.2 Å². The number of nitrogens with one attached hydrogen (secondary N) is 1. The maximum Gasteiger partial charge on any atom is 0.407 e. The molecule has 0 bridgehead atoms. The number of rotatable bonds is 7. The van der Waals surface area contributed by atoms with Crippen LogP contribution in [0.3, 0.4) is 0 Å². The Hall–Kier alpha value is -3.39. The summed E-state index contributed by atoms with van der Waals surface area (Å²) in [5.74, 6) is -1.77. The molecule has 8 nitrogen and oxygen atoms in total. The molecule has 0 radical (unpaired) electrons. The summed E-state index contributed by atoms with van der Waals surface area (Å²) >= 11 is 0. The highest BCUT2D eigenvalue weighted by Gasteiger charge is 2.32. The molecule has 0 saturated heterocycles. The second kappa shape index (κ2) is 10.0. The van der Waals surface area contributed by atoms with Crippen LogP contribution in [0.25, 0.3) is 11.1 Å². The molecule has 2 aliphatic carbocycles. The van der Waals surface area contributed by atoms with Crippen LogP contribution in [-0.2, 0) is 19.2 Å². The minimum Gasteiger partial charge on any atom is -0.479 e. The third kappa shape index (κ3) is 5.17. The molecule has 2 unspecified atom stereocenters. The van der Waals surface area contributed by atoms with E-state index in [0.717, 1.165) is 29.0 Å². The van der Waals surface area contributed by atoms with Gasteiger partial charge in [-0.2, -0.15) is 0 Å². The summed E-state index contributed by atoms with van der Waals surface area (Å²) in [6, 6.07) is 16.1. The summed E-state index contributed by atoms with van der Waals surface area (Å²) < 4.78 is 5.62. The van der Waals surface area contributed by atoms with Gasteiger partial charge < -0.3 is 15.2 Å². The average Bonchev–Trinajstić information content (AvgIpc) is 3.14. The van der Waals surface area contributed by atoms with Crippen molar-refractivity contribution < 1.29 is 29.1 Å². The van der Waals surface area contributed by atoms with Gasteiger partial charge in [-0.15, -0.1) is 0 Å². The molecule has 1 saturated carbocycles. The van der Waals surface area contributed by atoms with Crippen LogP contribution in [0.4, 0.5) is 4.79 Å². The number of aliphatic carboxylic acids is 1. The van der Waals surface area contributed by atoms with Gasteiger partial charge in [0.1, 0.15) is 6.61 Å². The minimum absolute atomic E-state index is 0.0103. The molecule has 2 aromatic rings. The van der Waals surface area contributed by atoms with Crippen LogP contribution < -0.4 is 5.32 Å². The predicted molar refractivity (Wildman–Crippen MR) is 120 cm³/mol. The molecule has 33 heavy (non-hydrogen) atoms. The van der Waals surface area contributed by atoms with Gasteiger partial charge in [0.15, 0.2) is 6.61 Å². The van der Waals surface area contributed by atoms with Crippen molar-refractivity contribution in [1.82, 2.24) is 10.4 Å². The summed E-state index contributed by atoms with van der Waals surface area (Å²) in [6.07, 6.45) is 2.17. The van der Waals surface area contributed by atoms with Gasteiger partial charge in [-0.3, -0.25) is 9.63 Å². The number of carboxylic acids is 1. The molecule has 2 aliphatic rings. The van der Waals surface area contributed by atoms with Crippen molar-refractivity contribution in [2.45, 2.75) is 37.6 Å². The molecule has 4 rings (SSSR count).